The molecule has 0 fully saturated rings. The number of anilines is 1. The van der Waals surface area contributed by atoms with Gasteiger partial charge in [-0.3, -0.25) is 13.9 Å². The molecule has 0 saturated carbocycles. The van der Waals surface area contributed by atoms with Crippen LogP contribution >= 0.6 is 23.2 Å². The van der Waals surface area contributed by atoms with Crippen LogP contribution in [0.4, 0.5) is 5.69 Å². The number of carbonyl (C=O) groups is 2. The molecule has 0 aliphatic carbocycles. The maximum absolute atomic E-state index is 13.5. The van der Waals surface area contributed by atoms with E-state index in [1.165, 1.54) is 11.0 Å². The van der Waals surface area contributed by atoms with Crippen molar-refractivity contribution in [1.82, 2.24) is 10.2 Å². The Hall–Kier alpha value is -2.29. The number of nitrogens with one attached hydrogen (secondary N) is 1. The second kappa shape index (κ2) is 11.7. The Labute approximate surface area is 205 Å². The monoisotopic (exact) mass is 513 g/mol. The molecule has 1 N–H and O–H groups in total. The molecule has 0 aliphatic heterocycles. The van der Waals surface area contributed by atoms with Crippen molar-refractivity contribution in [3.63, 3.8) is 0 Å². The van der Waals surface area contributed by atoms with Gasteiger partial charge in [-0.25, -0.2) is 8.42 Å². The lowest BCUT2D eigenvalue weighted by molar-refractivity contribution is -0.139. The summed E-state index contributed by atoms with van der Waals surface area (Å²) in [6.07, 6.45) is 1.77. The van der Waals surface area contributed by atoms with Crippen LogP contribution in [-0.2, 0) is 26.2 Å². The molecule has 2 amide bonds. The topological polar surface area (TPSA) is 86.8 Å². The second-order valence-electron chi connectivity index (χ2n) is 7.82. The molecule has 1 atom stereocenters. The molecule has 1 unspecified atom stereocenters. The number of amides is 2. The number of sulfonamides is 1. The van der Waals surface area contributed by atoms with Gasteiger partial charge in [0.1, 0.15) is 12.6 Å². The van der Waals surface area contributed by atoms with Crippen molar-refractivity contribution in [3.8, 4) is 0 Å². The van der Waals surface area contributed by atoms with E-state index in [9.17, 15) is 18.0 Å². The minimum Gasteiger partial charge on any atom is -0.354 e. The molecule has 2 aromatic carbocycles. The molecule has 7 nitrogen and oxygen atoms in total. The van der Waals surface area contributed by atoms with Crippen molar-refractivity contribution in [2.24, 2.45) is 0 Å². The van der Waals surface area contributed by atoms with Crippen molar-refractivity contribution in [2.45, 2.75) is 39.8 Å². The summed E-state index contributed by atoms with van der Waals surface area (Å²) >= 11 is 12.2. The number of benzene rings is 2. The molecule has 0 radical (unpaired) electrons. The predicted octanol–water partition coefficient (Wildman–Crippen LogP) is 4.01. The number of hydrogen-bond donors (Lipinski definition) is 1. The van der Waals surface area contributed by atoms with Gasteiger partial charge in [-0.15, -0.1) is 0 Å². The zero-order valence-corrected chi connectivity index (χ0v) is 21.5. The molecule has 0 aliphatic rings. The van der Waals surface area contributed by atoms with Crippen LogP contribution in [0.15, 0.2) is 42.5 Å². The van der Waals surface area contributed by atoms with E-state index in [1.54, 1.807) is 50.2 Å². The summed E-state index contributed by atoms with van der Waals surface area (Å²) in [5, 5.41) is 3.63. The van der Waals surface area contributed by atoms with Crippen LogP contribution in [0.5, 0.6) is 0 Å². The van der Waals surface area contributed by atoms with Gasteiger partial charge in [0, 0.05) is 23.1 Å². The van der Waals surface area contributed by atoms with E-state index < -0.39 is 28.5 Å². The Kier molecular flexibility index (Phi) is 9.57. The van der Waals surface area contributed by atoms with E-state index in [-0.39, 0.29) is 12.5 Å². The summed E-state index contributed by atoms with van der Waals surface area (Å²) in [5.74, 6) is -0.851. The lowest BCUT2D eigenvalue weighted by Crippen LogP contribution is -2.51. The summed E-state index contributed by atoms with van der Waals surface area (Å²) < 4.78 is 26.2. The summed E-state index contributed by atoms with van der Waals surface area (Å²) in [7, 11) is -3.82. The molecule has 0 bridgehead atoms. The molecule has 2 rings (SSSR count). The fraction of sp³-hybridized carbons (Fsp3) is 0.391. The molecular formula is C23H29Cl2N3O4S. The van der Waals surface area contributed by atoms with Crippen molar-refractivity contribution in [1.29, 1.82) is 0 Å². The van der Waals surface area contributed by atoms with Crippen LogP contribution in [0, 0.1) is 6.92 Å². The fourth-order valence-electron chi connectivity index (χ4n) is 3.26. The van der Waals surface area contributed by atoms with Crippen LogP contribution in [0.3, 0.4) is 0 Å². The van der Waals surface area contributed by atoms with E-state index in [0.717, 1.165) is 22.5 Å². The van der Waals surface area contributed by atoms with E-state index in [4.69, 9.17) is 23.2 Å². The third-order valence-electron chi connectivity index (χ3n) is 5.08. The number of aryl methyl sites for hydroxylation is 1. The number of carbonyl (C=O) groups excluding carboxylic acids is 2. The van der Waals surface area contributed by atoms with Crippen LogP contribution in [-0.4, -0.2) is 50.5 Å². The largest absolute Gasteiger partial charge is 0.354 e. The maximum atomic E-state index is 13.5. The molecule has 2 aromatic rings. The summed E-state index contributed by atoms with van der Waals surface area (Å²) in [4.78, 5) is 27.5. The third-order valence-corrected chi connectivity index (χ3v) is 6.67. The first kappa shape index (κ1) is 27.0. The van der Waals surface area contributed by atoms with Crippen molar-refractivity contribution >= 4 is 50.7 Å². The zero-order chi connectivity index (χ0) is 24.8. The van der Waals surface area contributed by atoms with E-state index in [0.29, 0.717) is 27.8 Å². The molecule has 10 heteroatoms. The Balaban J connectivity index is 2.42. The van der Waals surface area contributed by atoms with Gasteiger partial charge in [-0.1, -0.05) is 48.3 Å². The van der Waals surface area contributed by atoms with Crippen molar-refractivity contribution in [2.75, 3.05) is 23.7 Å². The number of hydrogen-bond acceptors (Lipinski definition) is 4. The molecule has 33 heavy (non-hydrogen) atoms. The Morgan fingerprint density at radius 3 is 2.36 bits per heavy atom. The quantitative estimate of drug-likeness (QED) is 0.519. The number of rotatable bonds is 10. The first-order valence-corrected chi connectivity index (χ1v) is 13.1. The van der Waals surface area contributed by atoms with Gasteiger partial charge in [0.05, 0.1) is 11.9 Å². The van der Waals surface area contributed by atoms with Gasteiger partial charge in [0.2, 0.25) is 21.8 Å². The fourth-order valence-corrected chi connectivity index (χ4v) is 4.53. The van der Waals surface area contributed by atoms with Gasteiger partial charge in [-0.2, -0.15) is 0 Å². The van der Waals surface area contributed by atoms with Gasteiger partial charge in [-0.05, 0) is 55.7 Å². The minimum atomic E-state index is -3.82. The van der Waals surface area contributed by atoms with Gasteiger partial charge in [0.25, 0.3) is 0 Å². The number of halogens is 2. The van der Waals surface area contributed by atoms with Gasteiger partial charge in [0.15, 0.2) is 0 Å². The first-order valence-electron chi connectivity index (χ1n) is 10.5. The predicted molar refractivity (Wildman–Crippen MR) is 133 cm³/mol. The van der Waals surface area contributed by atoms with Crippen LogP contribution < -0.4 is 9.62 Å². The Bertz CT molecular complexity index is 1110. The van der Waals surface area contributed by atoms with E-state index in [2.05, 4.69) is 5.32 Å². The Morgan fingerprint density at radius 1 is 1.09 bits per heavy atom. The van der Waals surface area contributed by atoms with E-state index >= 15 is 0 Å². The lowest BCUT2D eigenvalue weighted by atomic mass is 10.1. The van der Waals surface area contributed by atoms with Crippen molar-refractivity contribution in [3.05, 3.63) is 63.6 Å². The lowest BCUT2D eigenvalue weighted by Gasteiger charge is -2.32. The van der Waals surface area contributed by atoms with Crippen LogP contribution in [0.2, 0.25) is 10.0 Å². The average molecular weight is 514 g/mol. The molecular weight excluding hydrogens is 485 g/mol. The zero-order valence-electron chi connectivity index (χ0n) is 19.1. The van der Waals surface area contributed by atoms with Crippen LogP contribution in [0.1, 0.15) is 31.4 Å². The highest BCUT2D eigenvalue weighted by atomic mass is 35.5. The SMILES string of the molecule is CCCNC(=O)C(C)N(Cc1cccc(Cl)c1)C(=O)CN(c1cc(Cl)ccc1C)S(C)(=O)=O. The number of nitrogens with zero attached hydrogens (tertiary/aromatic N) is 2. The molecule has 0 spiro atoms. The van der Waals surface area contributed by atoms with Gasteiger partial charge >= 0.3 is 0 Å². The summed E-state index contributed by atoms with van der Waals surface area (Å²) in [6.45, 7) is 5.36. The highest BCUT2D eigenvalue weighted by Crippen LogP contribution is 2.27. The molecule has 0 heterocycles. The third kappa shape index (κ3) is 7.62. The molecule has 0 aromatic heterocycles. The van der Waals surface area contributed by atoms with E-state index in [1.807, 2.05) is 6.92 Å². The molecule has 180 valence electrons. The van der Waals surface area contributed by atoms with Crippen LogP contribution in [0.25, 0.3) is 0 Å². The highest BCUT2D eigenvalue weighted by Gasteiger charge is 2.30. The standard InChI is InChI=1S/C23H29Cl2N3O4S/c1-5-11-26-23(30)17(3)27(14-18-7-6-8-19(24)12-18)22(29)15-28(33(4,31)32)21-13-20(25)10-9-16(21)2/h6-10,12-13,17H,5,11,14-15H2,1-4H3,(H,26,30). The normalized spacial score (nSPS) is 12.2. The average Bonchev–Trinajstić information content (AvgIpc) is 2.74. The highest BCUT2D eigenvalue weighted by molar-refractivity contribution is 7.92. The van der Waals surface area contributed by atoms with Gasteiger partial charge < -0.3 is 10.2 Å². The molecule has 0 saturated heterocycles. The summed E-state index contributed by atoms with van der Waals surface area (Å²) in [6, 6.07) is 11.0. The maximum Gasteiger partial charge on any atom is 0.244 e. The van der Waals surface area contributed by atoms with Crippen molar-refractivity contribution < 1.29 is 18.0 Å². The second-order valence-corrected chi connectivity index (χ2v) is 10.6. The summed E-state index contributed by atoms with van der Waals surface area (Å²) in [5.41, 5.74) is 1.67. The smallest absolute Gasteiger partial charge is 0.244 e. The first-order chi connectivity index (χ1) is 15.4. The minimum absolute atomic E-state index is 0.0895. The Morgan fingerprint density at radius 2 is 1.76 bits per heavy atom.